The summed E-state index contributed by atoms with van der Waals surface area (Å²) in [6.45, 7) is 6.75. The lowest BCUT2D eigenvalue weighted by Crippen LogP contribution is -2.15. The molecule has 0 fully saturated rings. The smallest absolute Gasteiger partial charge is 0.238 e. The molecule has 7 aromatic rings. The van der Waals surface area contributed by atoms with Gasteiger partial charge in [0, 0.05) is 27.3 Å². The minimum absolute atomic E-state index is 0.109. The molecule has 196 valence electrons. The van der Waals surface area contributed by atoms with Crippen LogP contribution in [-0.4, -0.2) is 19.5 Å². The Bertz CT molecular complexity index is 2140. The van der Waals surface area contributed by atoms with E-state index in [0.29, 0.717) is 17.6 Å². The lowest BCUT2D eigenvalue weighted by atomic mass is 9.82. The highest BCUT2D eigenvalue weighted by Crippen LogP contribution is 2.50. The molecule has 0 bridgehead atoms. The molecular formula is C37H28N4. The maximum absolute atomic E-state index is 5.14. The molecule has 0 atom stereocenters. The molecule has 5 aromatic carbocycles. The van der Waals surface area contributed by atoms with Crippen molar-refractivity contribution in [2.75, 3.05) is 0 Å². The fourth-order valence-corrected chi connectivity index (χ4v) is 6.50. The third-order valence-electron chi connectivity index (χ3n) is 8.62. The van der Waals surface area contributed by atoms with E-state index in [1.54, 1.807) is 0 Å². The Hall–Kier alpha value is -5.09. The van der Waals surface area contributed by atoms with Crippen LogP contribution in [0.25, 0.3) is 61.7 Å². The van der Waals surface area contributed by atoms with Crippen molar-refractivity contribution in [1.29, 1.82) is 0 Å². The van der Waals surface area contributed by atoms with E-state index in [1.165, 1.54) is 33.0 Å². The first-order valence-corrected chi connectivity index (χ1v) is 14.1. The average Bonchev–Trinajstić information content (AvgIpc) is 3.45. The SMILES string of the molecule is Cc1ccccc1-c1nc(-c2ccccc2)nc(-n2c3ccccc3c3cc4c(cc32)C(C)(C)c2ccccc2-4)n1. The Balaban J connectivity index is 1.47. The minimum Gasteiger partial charge on any atom is -0.278 e. The van der Waals surface area contributed by atoms with Crippen LogP contribution in [0, 0.1) is 6.92 Å². The summed E-state index contributed by atoms with van der Waals surface area (Å²) in [7, 11) is 0. The molecule has 2 heterocycles. The second-order valence-corrected chi connectivity index (χ2v) is 11.4. The highest BCUT2D eigenvalue weighted by atomic mass is 15.2. The summed E-state index contributed by atoms with van der Waals surface area (Å²) in [5.41, 5.74) is 10.5. The van der Waals surface area contributed by atoms with Crippen LogP contribution in [-0.2, 0) is 5.41 Å². The number of nitrogens with zero attached hydrogens (tertiary/aromatic N) is 4. The topological polar surface area (TPSA) is 43.6 Å². The maximum atomic E-state index is 5.14. The number of aromatic nitrogens is 4. The van der Waals surface area contributed by atoms with Crippen LogP contribution in [0.15, 0.2) is 115 Å². The Morgan fingerprint density at radius 2 is 1.22 bits per heavy atom. The van der Waals surface area contributed by atoms with Crippen LogP contribution < -0.4 is 0 Å². The van der Waals surface area contributed by atoms with Crippen LogP contribution in [0.4, 0.5) is 0 Å². The third kappa shape index (κ3) is 3.50. The van der Waals surface area contributed by atoms with Crippen molar-refractivity contribution >= 4 is 21.8 Å². The lowest BCUT2D eigenvalue weighted by Gasteiger charge is -2.21. The number of benzene rings is 5. The van der Waals surface area contributed by atoms with Gasteiger partial charge in [0.25, 0.3) is 0 Å². The zero-order valence-electron chi connectivity index (χ0n) is 23.3. The minimum atomic E-state index is -0.109. The molecule has 0 N–H and O–H groups in total. The molecule has 1 aliphatic rings. The first kappa shape index (κ1) is 23.8. The Kier molecular flexibility index (Phi) is 5.05. The van der Waals surface area contributed by atoms with Crippen molar-refractivity contribution in [3.63, 3.8) is 0 Å². The monoisotopic (exact) mass is 528 g/mol. The van der Waals surface area contributed by atoms with Gasteiger partial charge in [-0.3, -0.25) is 4.57 Å². The van der Waals surface area contributed by atoms with Gasteiger partial charge in [-0.15, -0.1) is 0 Å². The standard InChI is InChI=1S/C37H28N4/c1-23-13-7-8-16-25(23)35-38-34(24-14-5-4-6-15-24)39-36(40-35)41-32-20-12-10-18-27(32)29-21-28-26-17-9-11-19-30(26)37(2,3)31(28)22-33(29)41/h4-22H,1-3H3. The van der Waals surface area contributed by atoms with Crippen molar-refractivity contribution in [3.05, 3.63) is 132 Å². The number of rotatable bonds is 3. The van der Waals surface area contributed by atoms with E-state index in [-0.39, 0.29) is 5.41 Å². The van der Waals surface area contributed by atoms with Crippen LogP contribution in [0.1, 0.15) is 30.5 Å². The predicted octanol–water partition coefficient (Wildman–Crippen LogP) is 8.92. The molecule has 0 saturated heterocycles. The fraction of sp³-hybridized carbons (Fsp3) is 0.108. The highest BCUT2D eigenvalue weighted by molar-refractivity contribution is 6.11. The van der Waals surface area contributed by atoms with E-state index in [2.05, 4.69) is 110 Å². The number of para-hydroxylation sites is 1. The predicted molar refractivity (Wildman–Crippen MR) is 167 cm³/mol. The van der Waals surface area contributed by atoms with Crippen molar-refractivity contribution in [2.24, 2.45) is 0 Å². The van der Waals surface area contributed by atoms with Crippen LogP contribution in [0.5, 0.6) is 0 Å². The second-order valence-electron chi connectivity index (χ2n) is 11.4. The average molecular weight is 529 g/mol. The normalized spacial score (nSPS) is 13.4. The largest absolute Gasteiger partial charge is 0.278 e. The van der Waals surface area contributed by atoms with Gasteiger partial charge in [0.15, 0.2) is 11.6 Å². The van der Waals surface area contributed by atoms with Gasteiger partial charge in [0.05, 0.1) is 11.0 Å². The van der Waals surface area contributed by atoms with Gasteiger partial charge in [-0.1, -0.05) is 111 Å². The number of hydrogen-bond acceptors (Lipinski definition) is 3. The maximum Gasteiger partial charge on any atom is 0.238 e. The summed E-state index contributed by atoms with van der Waals surface area (Å²) in [6.07, 6.45) is 0. The van der Waals surface area contributed by atoms with Crippen LogP contribution >= 0.6 is 0 Å². The molecule has 41 heavy (non-hydrogen) atoms. The first-order chi connectivity index (χ1) is 20.0. The molecule has 0 aliphatic heterocycles. The van der Waals surface area contributed by atoms with E-state index in [1.807, 2.05) is 30.3 Å². The molecule has 4 nitrogen and oxygen atoms in total. The van der Waals surface area contributed by atoms with Crippen molar-refractivity contribution in [3.8, 4) is 39.9 Å². The summed E-state index contributed by atoms with van der Waals surface area (Å²) in [4.78, 5) is 15.2. The van der Waals surface area contributed by atoms with Crippen molar-refractivity contribution < 1.29 is 0 Å². The Morgan fingerprint density at radius 1 is 0.537 bits per heavy atom. The van der Waals surface area contributed by atoms with E-state index >= 15 is 0 Å². The van der Waals surface area contributed by atoms with E-state index in [4.69, 9.17) is 15.0 Å². The van der Waals surface area contributed by atoms with Crippen LogP contribution in [0.2, 0.25) is 0 Å². The molecular weight excluding hydrogens is 500 g/mol. The summed E-state index contributed by atoms with van der Waals surface area (Å²) in [6, 6.07) is 40.5. The van der Waals surface area contributed by atoms with Gasteiger partial charge in [0.1, 0.15) is 0 Å². The zero-order chi connectivity index (χ0) is 27.7. The summed E-state index contributed by atoms with van der Waals surface area (Å²) >= 11 is 0. The third-order valence-corrected chi connectivity index (χ3v) is 8.62. The quantitative estimate of drug-likeness (QED) is 0.230. The number of hydrogen-bond donors (Lipinski definition) is 0. The molecule has 8 rings (SSSR count). The molecule has 0 spiro atoms. The van der Waals surface area contributed by atoms with E-state index in [9.17, 15) is 0 Å². The molecule has 2 aromatic heterocycles. The van der Waals surface area contributed by atoms with Gasteiger partial charge in [-0.25, -0.2) is 4.98 Å². The second kappa shape index (κ2) is 8.70. The van der Waals surface area contributed by atoms with Gasteiger partial charge in [-0.2, -0.15) is 9.97 Å². The van der Waals surface area contributed by atoms with Crippen molar-refractivity contribution in [2.45, 2.75) is 26.2 Å². The molecule has 1 aliphatic carbocycles. The number of fused-ring (bicyclic) bond motifs is 6. The van der Waals surface area contributed by atoms with Gasteiger partial charge in [0.2, 0.25) is 5.95 Å². The molecule has 0 amide bonds. The Morgan fingerprint density at radius 3 is 2.05 bits per heavy atom. The summed E-state index contributed by atoms with van der Waals surface area (Å²) in [5, 5.41) is 2.39. The van der Waals surface area contributed by atoms with Gasteiger partial charge in [-0.05, 0) is 52.9 Å². The molecule has 0 saturated carbocycles. The molecule has 0 unspecified atom stereocenters. The van der Waals surface area contributed by atoms with Gasteiger partial charge >= 0.3 is 0 Å². The van der Waals surface area contributed by atoms with Crippen LogP contribution in [0.3, 0.4) is 0 Å². The first-order valence-electron chi connectivity index (χ1n) is 14.1. The number of aryl methyl sites for hydroxylation is 1. The summed E-state index contributed by atoms with van der Waals surface area (Å²) < 4.78 is 2.22. The lowest BCUT2D eigenvalue weighted by molar-refractivity contribution is 0.661. The van der Waals surface area contributed by atoms with E-state index < -0.39 is 0 Å². The van der Waals surface area contributed by atoms with Gasteiger partial charge < -0.3 is 0 Å². The fourth-order valence-electron chi connectivity index (χ4n) is 6.50. The van der Waals surface area contributed by atoms with Crippen molar-refractivity contribution in [1.82, 2.24) is 19.5 Å². The zero-order valence-corrected chi connectivity index (χ0v) is 23.3. The molecule has 0 radical (unpaired) electrons. The molecule has 4 heteroatoms. The summed E-state index contributed by atoms with van der Waals surface area (Å²) in [5.74, 6) is 1.96. The highest BCUT2D eigenvalue weighted by Gasteiger charge is 2.36. The van der Waals surface area contributed by atoms with E-state index in [0.717, 1.165) is 27.7 Å². The Labute approximate surface area is 239 Å².